The highest BCUT2D eigenvalue weighted by Crippen LogP contribution is 2.31. The van der Waals surface area contributed by atoms with Gasteiger partial charge in [0, 0.05) is 21.3 Å². The van der Waals surface area contributed by atoms with Crippen molar-refractivity contribution in [3.05, 3.63) is 69.8 Å². The van der Waals surface area contributed by atoms with Crippen molar-refractivity contribution in [2.75, 3.05) is 5.32 Å². The van der Waals surface area contributed by atoms with Gasteiger partial charge in [0.2, 0.25) is 0 Å². The average Bonchev–Trinajstić information content (AvgIpc) is 3.15. The lowest BCUT2D eigenvalue weighted by Gasteiger charge is -2.20. The predicted molar refractivity (Wildman–Crippen MR) is 115 cm³/mol. The molecule has 5 rings (SSSR count). The fourth-order valence-corrected chi connectivity index (χ4v) is 3.99. The van der Waals surface area contributed by atoms with Gasteiger partial charge in [-0.25, -0.2) is 4.98 Å². The fraction of sp³-hybridized carbons (Fsp3) is 0.227. The summed E-state index contributed by atoms with van der Waals surface area (Å²) < 4.78 is 2.97. The quantitative estimate of drug-likeness (QED) is 0.464. The molecule has 0 atom stereocenters. The molecule has 6 heteroatoms. The number of fused-ring (bicyclic) bond motifs is 2. The van der Waals surface area contributed by atoms with Gasteiger partial charge < -0.3 is 5.32 Å². The van der Waals surface area contributed by atoms with Crippen LogP contribution in [0.1, 0.15) is 29.7 Å². The fourth-order valence-electron chi connectivity index (χ4n) is 3.74. The lowest BCUT2D eigenvalue weighted by molar-refractivity contribution is 0.662. The van der Waals surface area contributed by atoms with Gasteiger partial charge >= 0.3 is 0 Å². The number of nitrogens with zero attached hydrogens (tertiary/aromatic N) is 4. The van der Waals surface area contributed by atoms with Crippen LogP contribution in [0.5, 0.6) is 0 Å². The van der Waals surface area contributed by atoms with Gasteiger partial charge in [-0.2, -0.15) is 9.50 Å². The van der Waals surface area contributed by atoms with Crippen molar-refractivity contribution in [2.45, 2.75) is 32.6 Å². The van der Waals surface area contributed by atoms with Crippen LogP contribution in [0.3, 0.4) is 0 Å². The molecule has 0 fully saturated rings. The first kappa shape index (κ1) is 17.4. The lowest BCUT2D eigenvalue weighted by atomic mass is 9.96. The smallest absolute Gasteiger partial charge is 0.254 e. The molecular weight excluding hydrogens is 414 g/mol. The van der Waals surface area contributed by atoms with Crippen molar-refractivity contribution in [3.63, 3.8) is 0 Å². The second-order valence-electron chi connectivity index (χ2n) is 7.19. The minimum absolute atomic E-state index is 0.649. The van der Waals surface area contributed by atoms with Gasteiger partial charge in [-0.15, -0.1) is 5.10 Å². The zero-order valence-corrected chi connectivity index (χ0v) is 17.2. The number of benzene rings is 2. The molecule has 0 spiro atoms. The van der Waals surface area contributed by atoms with Crippen molar-refractivity contribution >= 4 is 33.2 Å². The molecule has 1 N–H and O–H groups in total. The highest BCUT2D eigenvalue weighted by atomic mass is 79.9. The standard InChI is InChI=1S/C22H20BrN5/c1-14-13-16(11-12-18(14)23)24-21-17-9-5-6-10-19(17)25-22-26-20(27-28(21)22)15-7-3-2-4-8-15/h2-4,7-8,11-13,24H,5-6,9-10H2,1H3. The molecule has 0 amide bonds. The second-order valence-corrected chi connectivity index (χ2v) is 8.05. The number of halogens is 1. The summed E-state index contributed by atoms with van der Waals surface area (Å²) in [6, 6.07) is 16.3. The minimum atomic E-state index is 0.649. The monoisotopic (exact) mass is 433 g/mol. The summed E-state index contributed by atoms with van der Waals surface area (Å²) in [5, 5.41) is 8.41. The molecule has 0 saturated carbocycles. The topological polar surface area (TPSA) is 55.1 Å². The number of rotatable bonds is 3. The van der Waals surface area contributed by atoms with Crippen LogP contribution in [0.15, 0.2) is 53.0 Å². The molecule has 2 aromatic carbocycles. The molecular formula is C22H20BrN5. The van der Waals surface area contributed by atoms with Crippen LogP contribution in [0.2, 0.25) is 0 Å². The van der Waals surface area contributed by atoms with Crippen molar-refractivity contribution in [1.29, 1.82) is 0 Å². The van der Waals surface area contributed by atoms with Crippen molar-refractivity contribution < 1.29 is 0 Å². The molecule has 140 valence electrons. The van der Waals surface area contributed by atoms with Gasteiger partial charge in [-0.05, 0) is 56.4 Å². The molecule has 0 radical (unpaired) electrons. The van der Waals surface area contributed by atoms with Gasteiger partial charge in [0.05, 0.1) is 5.69 Å². The lowest BCUT2D eigenvalue weighted by Crippen LogP contribution is -2.13. The first-order chi connectivity index (χ1) is 13.7. The molecule has 1 aliphatic carbocycles. The number of anilines is 2. The van der Waals surface area contributed by atoms with Crippen molar-refractivity contribution in [3.8, 4) is 11.4 Å². The van der Waals surface area contributed by atoms with E-state index in [0.29, 0.717) is 11.6 Å². The van der Waals surface area contributed by atoms with Gasteiger partial charge in [-0.3, -0.25) is 0 Å². The van der Waals surface area contributed by atoms with Gasteiger partial charge in [0.1, 0.15) is 5.82 Å². The molecule has 1 aliphatic rings. The van der Waals surface area contributed by atoms with E-state index in [0.717, 1.165) is 40.1 Å². The van der Waals surface area contributed by atoms with Crippen LogP contribution in [-0.4, -0.2) is 19.6 Å². The van der Waals surface area contributed by atoms with Crippen LogP contribution in [0.4, 0.5) is 11.5 Å². The maximum atomic E-state index is 4.84. The molecule has 2 heterocycles. The van der Waals surface area contributed by atoms with Crippen LogP contribution in [-0.2, 0) is 12.8 Å². The Hall–Kier alpha value is -2.73. The zero-order chi connectivity index (χ0) is 19.1. The van der Waals surface area contributed by atoms with E-state index >= 15 is 0 Å². The summed E-state index contributed by atoms with van der Waals surface area (Å²) in [6.45, 7) is 2.09. The summed E-state index contributed by atoms with van der Waals surface area (Å²) in [7, 11) is 0. The highest BCUT2D eigenvalue weighted by Gasteiger charge is 2.21. The molecule has 2 aromatic heterocycles. The van der Waals surface area contributed by atoms with Gasteiger partial charge in [0.25, 0.3) is 5.78 Å². The molecule has 28 heavy (non-hydrogen) atoms. The Morgan fingerprint density at radius 1 is 1.00 bits per heavy atom. The molecule has 0 bridgehead atoms. The Labute approximate surface area is 172 Å². The molecule has 0 unspecified atom stereocenters. The van der Waals surface area contributed by atoms with E-state index in [4.69, 9.17) is 15.1 Å². The summed E-state index contributed by atoms with van der Waals surface area (Å²) in [4.78, 5) is 9.56. The maximum absolute atomic E-state index is 4.84. The van der Waals surface area contributed by atoms with Crippen LogP contribution in [0, 0.1) is 6.92 Å². The maximum Gasteiger partial charge on any atom is 0.254 e. The van der Waals surface area contributed by atoms with Crippen molar-refractivity contribution in [1.82, 2.24) is 19.6 Å². The third-order valence-electron chi connectivity index (χ3n) is 5.21. The molecule has 0 saturated heterocycles. The number of aryl methyl sites for hydroxylation is 2. The normalized spacial score (nSPS) is 13.5. The molecule has 5 nitrogen and oxygen atoms in total. The van der Waals surface area contributed by atoms with E-state index in [9.17, 15) is 0 Å². The number of nitrogens with one attached hydrogen (secondary N) is 1. The molecule has 4 aromatic rings. The Morgan fingerprint density at radius 2 is 1.82 bits per heavy atom. The van der Waals surface area contributed by atoms with E-state index in [1.54, 1.807) is 0 Å². The Balaban J connectivity index is 1.68. The largest absolute Gasteiger partial charge is 0.340 e. The van der Waals surface area contributed by atoms with Crippen LogP contribution >= 0.6 is 15.9 Å². The summed E-state index contributed by atoms with van der Waals surface area (Å²) >= 11 is 3.58. The highest BCUT2D eigenvalue weighted by molar-refractivity contribution is 9.10. The Morgan fingerprint density at radius 3 is 2.64 bits per heavy atom. The van der Waals surface area contributed by atoms with E-state index in [-0.39, 0.29) is 0 Å². The van der Waals surface area contributed by atoms with Crippen molar-refractivity contribution in [2.24, 2.45) is 0 Å². The number of aromatic nitrogens is 4. The second kappa shape index (κ2) is 7.02. The third-order valence-corrected chi connectivity index (χ3v) is 6.10. The number of hydrogen-bond donors (Lipinski definition) is 1. The Bertz CT molecular complexity index is 1170. The average molecular weight is 434 g/mol. The van der Waals surface area contributed by atoms with E-state index in [1.165, 1.54) is 24.0 Å². The minimum Gasteiger partial charge on any atom is -0.340 e. The first-order valence-electron chi connectivity index (χ1n) is 9.56. The summed E-state index contributed by atoms with van der Waals surface area (Å²) in [5.74, 6) is 2.33. The van der Waals surface area contributed by atoms with E-state index in [1.807, 2.05) is 34.8 Å². The molecule has 0 aliphatic heterocycles. The Kier molecular flexibility index (Phi) is 4.36. The zero-order valence-electron chi connectivity index (χ0n) is 15.6. The third kappa shape index (κ3) is 3.07. The SMILES string of the molecule is Cc1cc(Nc2c3c(nc4nc(-c5ccccc5)nn24)CCCC3)ccc1Br. The van der Waals surface area contributed by atoms with Gasteiger partial charge in [-0.1, -0.05) is 46.3 Å². The van der Waals surface area contributed by atoms with Crippen LogP contribution < -0.4 is 5.32 Å². The number of hydrogen-bond acceptors (Lipinski definition) is 4. The van der Waals surface area contributed by atoms with E-state index < -0.39 is 0 Å². The predicted octanol–water partition coefficient (Wildman–Crippen LogP) is 5.48. The summed E-state index contributed by atoms with van der Waals surface area (Å²) in [5.41, 5.74) is 5.62. The summed E-state index contributed by atoms with van der Waals surface area (Å²) in [6.07, 6.45) is 4.35. The van der Waals surface area contributed by atoms with E-state index in [2.05, 4.69) is 46.4 Å². The van der Waals surface area contributed by atoms with Crippen LogP contribution in [0.25, 0.3) is 17.2 Å². The first-order valence-corrected chi connectivity index (χ1v) is 10.4. The van der Waals surface area contributed by atoms with Gasteiger partial charge in [0.15, 0.2) is 5.82 Å².